The van der Waals surface area contributed by atoms with Gasteiger partial charge in [0.15, 0.2) is 5.82 Å². The molecule has 0 saturated carbocycles. The van der Waals surface area contributed by atoms with Crippen LogP contribution >= 0.6 is 0 Å². The van der Waals surface area contributed by atoms with Crippen molar-refractivity contribution in [2.75, 3.05) is 31.7 Å². The maximum absolute atomic E-state index is 13.2. The zero-order chi connectivity index (χ0) is 13.2. The van der Waals surface area contributed by atoms with Crippen LogP contribution in [0.4, 0.5) is 20.2 Å². The highest BCUT2D eigenvalue weighted by atomic mass is 19.1. The number of benzene rings is 1. The maximum Gasteiger partial charge on any atom is 0.151 e. The number of rotatable bonds is 4. The van der Waals surface area contributed by atoms with Crippen LogP contribution in [0.25, 0.3) is 0 Å². The molecular weight excluding hydrogens is 224 g/mol. The molecule has 0 heterocycles. The van der Waals surface area contributed by atoms with Gasteiger partial charge in [-0.05, 0) is 34.0 Å². The molecule has 0 aliphatic rings. The second kappa shape index (κ2) is 4.87. The normalized spacial score (nSPS) is 11.9. The Morgan fingerprint density at radius 1 is 1.29 bits per heavy atom. The first-order chi connectivity index (χ1) is 7.74. The fourth-order valence-corrected chi connectivity index (χ4v) is 1.20. The molecule has 5 heteroatoms. The van der Waals surface area contributed by atoms with Gasteiger partial charge in [-0.2, -0.15) is 0 Å². The molecule has 0 aliphatic carbocycles. The highest BCUT2D eigenvalue weighted by molar-refractivity contribution is 5.66. The summed E-state index contributed by atoms with van der Waals surface area (Å²) in [6.07, 6.45) is 0. The van der Waals surface area contributed by atoms with Crippen molar-refractivity contribution in [3.05, 3.63) is 23.8 Å². The first-order valence-corrected chi connectivity index (χ1v) is 5.40. The lowest BCUT2D eigenvalue weighted by Gasteiger charge is -2.33. The van der Waals surface area contributed by atoms with E-state index >= 15 is 0 Å². The summed E-state index contributed by atoms with van der Waals surface area (Å²) < 4.78 is 26.2. The second-order valence-electron chi connectivity index (χ2n) is 4.91. The summed E-state index contributed by atoms with van der Waals surface area (Å²) in [7, 11) is 3.88. The zero-order valence-corrected chi connectivity index (χ0v) is 10.6. The molecule has 1 aromatic carbocycles. The molecule has 0 fully saturated rings. The lowest BCUT2D eigenvalue weighted by atomic mass is 10.0. The van der Waals surface area contributed by atoms with Crippen LogP contribution in [0.1, 0.15) is 13.8 Å². The van der Waals surface area contributed by atoms with Crippen molar-refractivity contribution in [1.82, 2.24) is 4.90 Å². The highest BCUT2D eigenvalue weighted by Gasteiger charge is 2.20. The van der Waals surface area contributed by atoms with Crippen molar-refractivity contribution < 1.29 is 8.78 Å². The molecule has 0 aromatic heterocycles. The average Bonchev–Trinajstić information content (AvgIpc) is 2.21. The van der Waals surface area contributed by atoms with Gasteiger partial charge in [0.2, 0.25) is 0 Å². The Kier molecular flexibility index (Phi) is 3.93. The van der Waals surface area contributed by atoms with Gasteiger partial charge in [0.1, 0.15) is 5.82 Å². The summed E-state index contributed by atoms with van der Waals surface area (Å²) in [5.41, 5.74) is 5.63. The summed E-state index contributed by atoms with van der Waals surface area (Å²) in [5, 5.41) is 2.97. The Hall–Kier alpha value is -1.36. The van der Waals surface area contributed by atoms with E-state index in [-0.39, 0.29) is 16.9 Å². The van der Waals surface area contributed by atoms with Crippen molar-refractivity contribution in [2.45, 2.75) is 19.4 Å². The number of hydrogen-bond acceptors (Lipinski definition) is 3. The number of nitrogens with one attached hydrogen (secondary N) is 1. The minimum absolute atomic E-state index is 0.0547. The Morgan fingerprint density at radius 2 is 1.88 bits per heavy atom. The summed E-state index contributed by atoms with van der Waals surface area (Å²) in [4.78, 5) is 2.02. The fourth-order valence-electron chi connectivity index (χ4n) is 1.20. The largest absolute Gasteiger partial charge is 0.395 e. The van der Waals surface area contributed by atoms with Gasteiger partial charge in [-0.1, -0.05) is 0 Å². The summed E-state index contributed by atoms with van der Waals surface area (Å²) in [6.45, 7) is 4.57. The molecule has 0 amide bonds. The van der Waals surface area contributed by atoms with E-state index in [1.807, 2.05) is 32.8 Å². The molecule has 3 nitrogen and oxygen atoms in total. The van der Waals surface area contributed by atoms with Crippen LogP contribution in [0.15, 0.2) is 12.1 Å². The van der Waals surface area contributed by atoms with Crippen molar-refractivity contribution >= 4 is 11.4 Å². The van der Waals surface area contributed by atoms with Gasteiger partial charge in [-0.3, -0.25) is 0 Å². The van der Waals surface area contributed by atoms with Gasteiger partial charge >= 0.3 is 0 Å². The molecule has 1 aromatic rings. The fraction of sp³-hybridized carbons (Fsp3) is 0.500. The van der Waals surface area contributed by atoms with Gasteiger partial charge in [0.25, 0.3) is 0 Å². The van der Waals surface area contributed by atoms with Gasteiger partial charge in [0.05, 0.1) is 11.4 Å². The zero-order valence-electron chi connectivity index (χ0n) is 10.6. The van der Waals surface area contributed by atoms with E-state index in [2.05, 4.69) is 5.32 Å². The van der Waals surface area contributed by atoms with Gasteiger partial charge < -0.3 is 16.0 Å². The van der Waals surface area contributed by atoms with Crippen LogP contribution in [-0.4, -0.2) is 31.1 Å². The molecule has 0 spiro atoms. The Labute approximate surface area is 101 Å². The molecule has 0 radical (unpaired) electrons. The third-order valence-electron chi connectivity index (χ3n) is 3.02. The third-order valence-corrected chi connectivity index (χ3v) is 3.02. The molecule has 0 bridgehead atoms. The maximum atomic E-state index is 13.2. The molecule has 3 N–H and O–H groups in total. The molecule has 0 atom stereocenters. The standard InChI is InChI=1S/C12H19F2N3/c1-12(2,17(3)4)7-16-10-6-8(13)5-9(14)11(10)15/h5-6,16H,7,15H2,1-4H3. The molecule has 0 aliphatic heterocycles. The molecule has 0 unspecified atom stereocenters. The van der Waals surface area contributed by atoms with Crippen molar-refractivity contribution in [2.24, 2.45) is 0 Å². The van der Waals surface area contributed by atoms with Crippen LogP contribution in [0.2, 0.25) is 0 Å². The lowest BCUT2D eigenvalue weighted by molar-refractivity contribution is 0.210. The molecule has 17 heavy (non-hydrogen) atoms. The highest BCUT2D eigenvalue weighted by Crippen LogP contribution is 2.24. The predicted molar refractivity (Wildman–Crippen MR) is 67.0 cm³/mol. The quantitative estimate of drug-likeness (QED) is 0.797. The molecule has 1 rings (SSSR count). The monoisotopic (exact) mass is 243 g/mol. The minimum Gasteiger partial charge on any atom is -0.395 e. The number of halogens is 2. The topological polar surface area (TPSA) is 41.3 Å². The third kappa shape index (κ3) is 3.30. The van der Waals surface area contributed by atoms with Crippen LogP contribution in [0.5, 0.6) is 0 Å². The molecule has 96 valence electrons. The number of anilines is 2. The number of nitrogen functional groups attached to an aromatic ring is 1. The van der Waals surface area contributed by atoms with E-state index in [4.69, 9.17) is 5.73 Å². The average molecular weight is 243 g/mol. The first-order valence-electron chi connectivity index (χ1n) is 5.40. The van der Waals surface area contributed by atoms with Crippen molar-refractivity contribution in [3.8, 4) is 0 Å². The van der Waals surface area contributed by atoms with E-state index in [0.717, 1.165) is 6.07 Å². The van der Waals surface area contributed by atoms with E-state index in [9.17, 15) is 8.78 Å². The summed E-state index contributed by atoms with van der Waals surface area (Å²) >= 11 is 0. The van der Waals surface area contributed by atoms with Crippen LogP contribution < -0.4 is 11.1 Å². The van der Waals surface area contributed by atoms with Crippen molar-refractivity contribution in [1.29, 1.82) is 0 Å². The minimum atomic E-state index is -0.741. The number of likely N-dealkylation sites (N-methyl/N-ethyl adjacent to an activating group) is 1. The van der Waals surface area contributed by atoms with E-state index < -0.39 is 11.6 Å². The molecule has 0 saturated heterocycles. The predicted octanol–water partition coefficient (Wildman–Crippen LogP) is 2.30. The summed E-state index contributed by atoms with van der Waals surface area (Å²) in [5.74, 6) is -1.38. The van der Waals surface area contributed by atoms with Crippen LogP contribution in [0, 0.1) is 11.6 Å². The smallest absolute Gasteiger partial charge is 0.151 e. The number of hydrogen-bond donors (Lipinski definition) is 2. The second-order valence-corrected chi connectivity index (χ2v) is 4.91. The number of nitrogens with zero attached hydrogens (tertiary/aromatic N) is 1. The lowest BCUT2D eigenvalue weighted by Crippen LogP contribution is -2.44. The van der Waals surface area contributed by atoms with Gasteiger partial charge in [0, 0.05) is 18.2 Å². The Balaban J connectivity index is 2.83. The SMILES string of the molecule is CN(C)C(C)(C)CNc1cc(F)cc(F)c1N. The van der Waals surface area contributed by atoms with Crippen LogP contribution in [0.3, 0.4) is 0 Å². The van der Waals surface area contributed by atoms with E-state index in [1.54, 1.807) is 0 Å². The Bertz CT molecular complexity index is 403. The van der Waals surface area contributed by atoms with E-state index in [0.29, 0.717) is 6.54 Å². The Morgan fingerprint density at radius 3 is 2.41 bits per heavy atom. The first kappa shape index (κ1) is 13.7. The number of nitrogens with two attached hydrogens (primary N) is 1. The van der Waals surface area contributed by atoms with Gasteiger partial charge in [-0.15, -0.1) is 0 Å². The summed E-state index contributed by atoms with van der Waals surface area (Å²) in [6, 6.07) is 1.97. The van der Waals surface area contributed by atoms with E-state index in [1.165, 1.54) is 6.07 Å². The van der Waals surface area contributed by atoms with Gasteiger partial charge in [-0.25, -0.2) is 8.78 Å². The molecular formula is C12H19F2N3. The van der Waals surface area contributed by atoms with Crippen molar-refractivity contribution in [3.63, 3.8) is 0 Å². The van der Waals surface area contributed by atoms with Crippen LogP contribution in [-0.2, 0) is 0 Å².